The minimum Gasteiger partial charge on any atom is -0.414 e. The van der Waals surface area contributed by atoms with E-state index in [2.05, 4.69) is 39.2 Å². The van der Waals surface area contributed by atoms with Gasteiger partial charge < -0.3 is 9.74 Å². The van der Waals surface area contributed by atoms with Crippen molar-refractivity contribution in [2.45, 2.75) is 78.0 Å². The number of rotatable bonds is 6. The zero-order valence-electron chi connectivity index (χ0n) is 15.1. The van der Waals surface area contributed by atoms with E-state index in [1.165, 1.54) is 11.8 Å². The van der Waals surface area contributed by atoms with Gasteiger partial charge in [0.2, 0.25) is 5.91 Å². The van der Waals surface area contributed by atoms with Gasteiger partial charge in [0.15, 0.2) is 14.2 Å². The van der Waals surface area contributed by atoms with Crippen LogP contribution in [-0.2, 0) is 14.0 Å². The first kappa shape index (κ1) is 19.7. The molecule has 0 radical (unpaired) electrons. The Morgan fingerprint density at radius 1 is 1.32 bits per heavy atom. The van der Waals surface area contributed by atoms with Crippen LogP contribution in [0.5, 0.6) is 0 Å². The fourth-order valence-electron chi connectivity index (χ4n) is 2.94. The Morgan fingerprint density at radius 3 is 2.23 bits per heavy atom. The van der Waals surface area contributed by atoms with Crippen molar-refractivity contribution in [1.82, 2.24) is 5.32 Å². The molecule has 0 unspecified atom stereocenters. The van der Waals surface area contributed by atoms with Crippen LogP contribution in [0.3, 0.4) is 0 Å². The average molecular weight is 346 g/mol. The van der Waals surface area contributed by atoms with Crippen LogP contribution in [0.4, 0.5) is 0 Å². The summed E-state index contributed by atoms with van der Waals surface area (Å²) in [4.78, 5) is 24.3. The first-order valence-electron chi connectivity index (χ1n) is 8.06. The maximum atomic E-state index is 12.2. The third kappa shape index (κ3) is 4.36. The van der Waals surface area contributed by atoms with E-state index in [0.29, 0.717) is 6.42 Å². The molecule has 1 rings (SSSR count). The second-order valence-electron chi connectivity index (χ2n) is 7.86. The molecule has 1 heterocycles. The van der Waals surface area contributed by atoms with Gasteiger partial charge in [0, 0.05) is 11.7 Å². The van der Waals surface area contributed by atoms with E-state index < -0.39 is 14.6 Å². The number of carbonyl (C=O) groups is 2. The molecule has 6 heteroatoms. The van der Waals surface area contributed by atoms with Crippen LogP contribution < -0.4 is 5.32 Å². The summed E-state index contributed by atoms with van der Waals surface area (Å²) >= 11 is 1.34. The minimum absolute atomic E-state index is 0.0134. The summed E-state index contributed by atoms with van der Waals surface area (Å²) in [6, 6.07) is -0.108. The van der Waals surface area contributed by atoms with Gasteiger partial charge in [-0.25, -0.2) is 0 Å². The molecule has 1 saturated heterocycles. The van der Waals surface area contributed by atoms with E-state index in [1.54, 1.807) is 0 Å². The molecule has 1 aliphatic heterocycles. The van der Waals surface area contributed by atoms with Crippen molar-refractivity contribution >= 4 is 31.8 Å². The van der Waals surface area contributed by atoms with Crippen molar-refractivity contribution in [3.05, 3.63) is 0 Å². The quantitative estimate of drug-likeness (QED) is 0.594. The SMILES string of the molecule is CC(C)SC(=O)C[C@H]1NC(=O)[C@@H]1[C@@](C)(O[SiH](C)C)C(C)(C)C. The number of hydrogen-bond donors (Lipinski definition) is 1. The van der Waals surface area contributed by atoms with Crippen molar-refractivity contribution in [3.63, 3.8) is 0 Å². The first-order valence-corrected chi connectivity index (χ1v) is 11.7. The summed E-state index contributed by atoms with van der Waals surface area (Å²) in [5, 5.41) is 3.33. The smallest absolute Gasteiger partial charge is 0.228 e. The molecule has 0 saturated carbocycles. The average Bonchev–Trinajstić information content (AvgIpc) is 2.23. The van der Waals surface area contributed by atoms with Crippen molar-refractivity contribution in [2.24, 2.45) is 11.3 Å². The van der Waals surface area contributed by atoms with Crippen LogP contribution in [-0.4, -0.2) is 37.0 Å². The molecule has 0 aromatic carbocycles. The van der Waals surface area contributed by atoms with Crippen molar-refractivity contribution in [3.8, 4) is 0 Å². The van der Waals surface area contributed by atoms with Gasteiger partial charge in [-0.1, -0.05) is 46.4 Å². The van der Waals surface area contributed by atoms with Gasteiger partial charge in [-0.15, -0.1) is 0 Å². The molecule has 128 valence electrons. The summed E-state index contributed by atoms with van der Waals surface area (Å²) in [6.45, 7) is 16.6. The maximum Gasteiger partial charge on any atom is 0.228 e. The predicted octanol–water partition coefficient (Wildman–Crippen LogP) is 2.96. The van der Waals surface area contributed by atoms with E-state index >= 15 is 0 Å². The van der Waals surface area contributed by atoms with Gasteiger partial charge in [-0.3, -0.25) is 9.59 Å². The molecule has 0 aliphatic carbocycles. The van der Waals surface area contributed by atoms with Crippen LogP contribution >= 0.6 is 11.8 Å². The van der Waals surface area contributed by atoms with Gasteiger partial charge in [-0.05, 0) is 25.4 Å². The Bertz CT molecular complexity index is 434. The van der Waals surface area contributed by atoms with Crippen LogP contribution in [0.25, 0.3) is 0 Å². The normalized spacial score (nSPS) is 24.9. The van der Waals surface area contributed by atoms with Crippen molar-refractivity contribution < 1.29 is 14.0 Å². The first-order chi connectivity index (χ1) is 9.88. The maximum absolute atomic E-state index is 12.2. The number of carbonyl (C=O) groups excluding carboxylic acids is 2. The molecule has 3 atom stereocenters. The molecular weight excluding hydrogens is 314 g/mol. The zero-order chi connectivity index (χ0) is 17.3. The lowest BCUT2D eigenvalue weighted by molar-refractivity contribution is -0.159. The fourth-order valence-corrected chi connectivity index (χ4v) is 5.22. The van der Waals surface area contributed by atoms with E-state index in [9.17, 15) is 9.59 Å². The van der Waals surface area contributed by atoms with Crippen LogP contribution in [0.15, 0.2) is 0 Å². The zero-order valence-corrected chi connectivity index (χ0v) is 17.1. The highest BCUT2D eigenvalue weighted by atomic mass is 32.2. The number of hydrogen-bond acceptors (Lipinski definition) is 4. The monoisotopic (exact) mass is 345 g/mol. The van der Waals surface area contributed by atoms with E-state index in [-0.39, 0.29) is 33.6 Å². The highest BCUT2D eigenvalue weighted by Gasteiger charge is 2.57. The summed E-state index contributed by atoms with van der Waals surface area (Å²) < 4.78 is 6.33. The predicted molar refractivity (Wildman–Crippen MR) is 95.6 cm³/mol. The molecular formula is C16H31NO3SSi. The third-order valence-corrected chi connectivity index (χ3v) is 6.19. The molecule has 4 nitrogen and oxygen atoms in total. The lowest BCUT2D eigenvalue weighted by Gasteiger charge is -2.54. The van der Waals surface area contributed by atoms with Gasteiger partial charge in [0.1, 0.15) is 0 Å². The summed E-state index contributed by atoms with van der Waals surface area (Å²) in [7, 11) is -1.32. The highest BCUT2D eigenvalue weighted by Crippen LogP contribution is 2.45. The third-order valence-electron chi connectivity index (χ3n) is 4.33. The van der Waals surface area contributed by atoms with Gasteiger partial charge in [-0.2, -0.15) is 0 Å². The highest BCUT2D eigenvalue weighted by molar-refractivity contribution is 8.14. The van der Waals surface area contributed by atoms with Gasteiger partial charge >= 0.3 is 0 Å². The number of β-lactam (4-membered cyclic amide) rings is 1. The fraction of sp³-hybridized carbons (Fsp3) is 0.875. The molecule has 1 aliphatic rings. The van der Waals surface area contributed by atoms with Crippen LogP contribution in [0.2, 0.25) is 13.1 Å². The Balaban J connectivity index is 2.93. The lowest BCUT2D eigenvalue weighted by atomic mass is 9.64. The summed E-state index contributed by atoms with van der Waals surface area (Å²) in [5.74, 6) is -0.237. The van der Waals surface area contributed by atoms with E-state index in [1.807, 2.05) is 20.8 Å². The molecule has 1 amide bonds. The molecule has 22 heavy (non-hydrogen) atoms. The molecule has 1 fully saturated rings. The largest absolute Gasteiger partial charge is 0.414 e. The van der Waals surface area contributed by atoms with Gasteiger partial charge in [0.25, 0.3) is 0 Å². The van der Waals surface area contributed by atoms with Crippen LogP contribution in [0.1, 0.15) is 48.0 Å². The van der Waals surface area contributed by atoms with Crippen molar-refractivity contribution in [1.29, 1.82) is 0 Å². The molecule has 0 spiro atoms. The van der Waals surface area contributed by atoms with Crippen molar-refractivity contribution in [2.75, 3.05) is 0 Å². The Kier molecular flexibility index (Phi) is 6.32. The number of amides is 1. The van der Waals surface area contributed by atoms with E-state index in [4.69, 9.17) is 4.43 Å². The lowest BCUT2D eigenvalue weighted by Crippen LogP contribution is -2.70. The molecule has 0 bridgehead atoms. The molecule has 0 aromatic rings. The summed E-state index contributed by atoms with van der Waals surface area (Å²) in [5.41, 5.74) is -0.706. The van der Waals surface area contributed by atoms with Crippen LogP contribution in [0, 0.1) is 11.3 Å². The second kappa shape index (κ2) is 7.05. The Labute approximate surface area is 140 Å². The molecule has 1 N–H and O–H groups in total. The summed E-state index contributed by atoms with van der Waals surface area (Å²) in [6.07, 6.45) is 0.383. The Hall–Kier alpha value is -0.333. The van der Waals surface area contributed by atoms with E-state index in [0.717, 1.165) is 0 Å². The topological polar surface area (TPSA) is 55.4 Å². The minimum atomic E-state index is -1.32. The Morgan fingerprint density at radius 2 is 1.86 bits per heavy atom. The second-order valence-corrected chi connectivity index (χ2v) is 11.8. The van der Waals surface area contributed by atoms with Gasteiger partial charge in [0.05, 0.1) is 17.6 Å². The standard InChI is InChI=1S/C16H31NO3SSi/c1-10(2)21-12(18)9-11-13(14(19)17-11)16(6,15(3,4)5)20-22(7)8/h10-11,13,22H,9H2,1-8H3,(H,17,19)/t11-,13-,16-/m1/s1. The number of thioether (sulfide) groups is 1. The number of nitrogens with one attached hydrogen (secondary N) is 1. The molecule has 0 aromatic heterocycles.